The molecule has 5 nitrogen and oxygen atoms in total. The zero-order valence-electron chi connectivity index (χ0n) is 12.7. The Bertz CT molecular complexity index is 948. The second-order valence-electron chi connectivity index (χ2n) is 5.24. The normalized spacial score (nSPS) is 10.8. The van der Waals surface area contributed by atoms with Crippen LogP contribution in [0.1, 0.15) is 5.56 Å². The van der Waals surface area contributed by atoms with Gasteiger partial charge in [-0.15, -0.1) is 0 Å². The average Bonchev–Trinajstić information content (AvgIpc) is 2.60. The molecule has 0 spiro atoms. The number of rotatable bonds is 4. The number of anilines is 1. The zero-order valence-corrected chi connectivity index (χ0v) is 12.7. The lowest BCUT2D eigenvalue weighted by atomic mass is 10.1. The molecule has 3 aromatic carbocycles. The Labute approximate surface area is 138 Å². The highest BCUT2D eigenvalue weighted by molar-refractivity contribution is 6.03. The van der Waals surface area contributed by atoms with Crippen LogP contribution < -0.4 is 5.32 Å². The largest absolute Gasteiger partial charge is 0.322 e. The number of carbonyl (C=O) groups excluding carboxylic acids is 1. The van der Waals surface area contributed by atoms with Crippen molar-refractivity contribution >= 4 is 34.1 Å². The van der Waals surface area contributed by atoms with Crippen molar-refractivity contribution in [2.75, 3.05) is 5.32 Å². The zero-order chi connectivity index (χ0) is 16.9. The lowest BCUT2D eigenvalue weighted by molar-refractivity contribution is -0.384. The summed E-state index contributed by atoms with van der Waals surface area (Å²) in [5.74, 6) is -0.295. The molecule has 1 N–H and O–H groups in total. The summed E-state index contributed by atoms with van der Waals surface area (Å²) in [6.45, 7) is 0. The molecule has 3 rings (SSSR count). The number of carbonyl (C=O) groups is 1. The van der Waals surface area contributed by atoms with E-state index in [4.69, 9.17) is 0 Å². The van der Waals surface area contributed by atoms with Crippen LogP contribution in [0.2, 0.25) is 0 Å². The lowest BCUT2D eigenvalue weighted by Crippen LogP contribution is -2.07. The number of nitrogens with one attached hydrogen (secondary N) is 1. The molecule has 0 saturated carbocycles. The van der Waals surface area contributed by atoms with Crippen LogP contribution in [-0.4, -0.2) is 10.8 Å². The van der Waals surface area contributed by atoms with Crippen molar-refractivity contribution in [3.63, 3.8) is 0 Å². The summed E-state index contributed by atoms with van der Waals surface area (Å²) in [6, 6.07) is 19.7. The van der Waals surface area contributed by atoms with Gasteiger partial charge in [0.1, 0.15) is 0 Å². The molecule has 0 aliphatic carbocycles. The fourth-order valence-corrected chi connectivity index (χ4v) is 2.36. The lowest BCUT2D eigenvalue weighted by Gasteiger charge is -2.04. The van der Waals surface area contributed by atoms with E-state index in [1.807, 2.05) is 42.5 Å². The minimum Gasteiger partial charge on any atom is -0.322 e. The highest BCUT2D eigenvalue weighted by Gasteiger charge is 2.04. The third-order valence-corrected chi connectivity index (χ3v) is 3.53. The van der Waals surface area contributed by atoms with Crippen LogP contribution >= 0.6 is 0 Å². The quantitative estimate of drug-likeness (QED) is 0.440. The molecule has 24 heavy (non-hydrogen) atoms. The number of nitrogens with zero attached hydrogens (tertiary/aromatic N) is 1. The molecule has 0 aliphatic heterocycles. The minimum absolute atomic E-state index is 0.00733. The van der Waals surface area contributed by atoms with E-state index in [1.54, 1.807) is 18.2 Å². The van der Waals surface area contributed by atoms with Crippen molar-refractivity contribution in [2.24, 2.45) is 0 Å². The summed E-state index contributed by atoms with van der Waals surface area (Å²) in [5, 5.41) is 15.7. The highest BCUT2D eigenvalue weighted by atomic mass is 16.6. The number of hydrogen-bond acceptors (Lipinski definition) is 3. The van der Waals surface area contributed by atoms with Crippen molar-refractivity contribution in [1.29, 1.82) is 0 Å². The Morgan fingerprint density at radius 2 is 1.75 bits per heavy atom. The molecule has 1 amide bonds. The van der Waals surface area contributed by atoms with E-state index in [1.165, 1.54) is 18.2 Å². The molecule has 0 fully saturated rings. The van der Waals surface area contributed by atoms with E-state index in [0.29, 0.717) is 11.3 Å². The Morgan fingerprint density at radius 3 is 2.54 bits per heavy atom. The molecule has 0 atom stereocenters. The fraction of sp³-hybridized carbons (Fsp3) is 0. The van der Waals surface area contributed by atoms with Crippen LogP contribution in [0.15, 0.2) is 72.8 Å². The molecule has 118 valence electrons. The van der Waals surface area contributed by atoms with Gasteiger partial charge >= 0.3 is 0 Å². The molecule has 0 aromatic heterocycles. The summed E-state index contributed by atoms with van der Waals surface area (Å²) in [7, 11) is 0. The Hall–Kier alpha value is -3.47. The molecule has 0 saturated heterocycles. The van der Waals surface area contributed by atoms with Crippen molar-refractivity contribution < 1.29 is 9.72 Å². The standard InChI is InChI=1S/C19H14N2O3/c22-19(11-8-14-4-3-7-18(12-14)21(23)24)20-17-10-9-15-5-1-2-6-16(15)13-17/h1-13H,(H,20,22)/b11-8+. The fourth-order valence-electron chi connectivity index (χ4n) is 2.36. The van der Waals surface area contributed by atoms with Crippen LogP contribution in [0, 0.1) is 10.1 Å². The molecule has 5 heteroatoms. The van der Waals surface area contributed by atoms with Crippen molar-refractivity contribution in [3.05, 3.63) is 88.5 Å². The van der Waals surface area contributed by atoms with Gasteiger partial charge in [-0.2, -0.15) is 0 Å². The molecule has 3 aromatic rings. The van der Waals surface area contributed by atoms with E-state index in [9.17, 15) is 14.9 Å². The van der Waals surface area contributed by atoms with E-state index in [2.05, 4.69) is 5.32 Å². The van der Waals surface area contributed by atoms with Gasteiger partial charge in [-0.05, 0) is 34.5 Å². The number of fused-ring (bicyclic) bond motifs is 1. The Balaban J connectivity index is 1.72. The molecular formula is C19H14N2O3. The van der Waals surface area contributed by atoms with Gasteiger partial charge in [0.25, 0.3) is 5.69 Å². The molecule has 0 aliphatic rings. The summed E-state index contributed by atoms with van der Waals surface area (Å²) in [5.41, 5.74) is 1.28. The highest BCUT2D eigenvalue weighted by Crippen LogP contribution is 2.19. The number of hydrogen-bond donors (Lipinski definition) is 1. The van der Waals surface area contributed by atoms with Crippen LogP contribution in [0.3, 0.4) is 0 Å². The minimum atomic E-state index is -0.466. The first-order valence-electron chi connectivity index (χ1n) is 7.34. The number of nitro groups is 1. The van der Waals surface area contributed by atoms with Crippen molar-refractivity contribution in [1.82, 2.24) is 0 Å². The summed E-state index contributed by atoms with van der Waals surface area (Å²) in [4.78, 5) is 22.3. The van der Waals surface area contributed by atoms with Crippen molar-refractivity contribution in [3.8, 4) is 0 Å². The third-order valence-electron chi connectivity index (χ3n) is 3.53. The van der Waals surface area contributed by atoms with Crippen LogP contribution in [0.25, 0.3) is 16.8 Å². The number of amides is 1. The second kappa shape index (κ2) is 6.75. The number of nitro benzene ring substituents is 1. The van der Waals surface area contributed by atoms with Gasteiger partial charge in [0.15, 0.2) is 0 Å². The van der Waals surface area contributed by atoms with Gasteiger partial charge in [-0.25, -0.2) is 0 Å². The maximum absolute atomic E-state index is 12.0. The van der Waals surface area contributed by atoms with Gasteiger partial charge in [0, 0.05) is 23.9 Å². The number of non-ortho nitro benzene ring substituents is 1. The third kappa shape index (κ3) is 3.64. The van der Waals surface area contributed by atoms with Gasteiger partial charge in [-0.1, -0.05) is 42.5 Å². The van der Waals surface area contributed by atoms with Crippen molar-refractivity contribution in [2.45, 2.75) is 0 Å². The van der Waals surface area contributed by atoms with Gasteiger partial charge in [-0.3, -0.25) is 14.9 Å². The second-order valence-corrected chi connectivity index (χ2v) is 5.24. The predicted octanol–water partition coefficient (Wildman–Crippen LogP) is 4.40. The van der Waals surface area contributed by atoms with Gasteiger partial charge in [0.2, 0.25) is 5.91 Å². The Morgan fingerprint density at radius 1 is 0.958 bits per heavy atom. The summed E-state index contributed by atoms with van der Waals surface area (Å²) >= 11 is 0. The maximum atomic E-state index is 12.0. The van der Waals surface area contributed by atoms with Crippen LogP contribution in [0.4, 0.5) is 11.4 Å². The first kappa shape index (κ1) is 15.4. The van der Waals surface area contributed by atoms with Crippen LogP contribution in [0.5, 0.6) is 0 Å². The molecule has 0 heterocycles. The molecule has 0 bridgehead atoms. The predicted molar refractivity (Wildman–Crippen MR) is 94.7 cm³/mol. The van der Waals surface area contributed by atoms with E-state index >= 15 is 0 Å². The first-order valence-corrected chi connectivity index (χ1v) is 7.34. The summed E-state index contributed by atoms with van der Waals surface area (Å²) in [6.07, 6.45) is 2.90. The van der Waals surface area contributed by atoms with E-state index in [0.717, 1.165) is 10.8 Å². The SMILES string of the molecule is O=C(/C=C/c1cccc([N+](=O)[O-])c1)Nc1ccc2ccccc2c1. The average molecular weight is 318 g/mol. The molecular weight excluding hydrogens is 304 g/mol. The molecule has 0 radical (unpaired) electrons. The Kier molecular flexibility index (Phi) is 4.34. The molecule has 0 unspecified atom stereocenters. The summed E-state index contributed by atoms with van der Waals surface area (Å²) < 4.78 is 0. The van der Waals surface area contributed by atoms with Gasteiger partial charge < -0.3 is 5.32 Å². The maximum Gasteiger partial charge on any atom is 0.270 e. The van der Waals surface area contributed by atoms with Gasteiger partial charge in [0.05, 0.1) is 4.92 Å². The monoisotopic (exact) mass is 318 g/mol. The first-order chi connectivity index (χ1) is 11.6. The topological polar surface area (TPSA) is 72.2 Å². The smallest absolute Gasteiger partial charge is 0.270 e. The number of benzene rings is 3. The van der Waals surface area contributed by atoms with Crippen LogP contribution in [-0.2, 0) is 4.79 Å². The van der Waals surface area contributed by atoms with E-state index < -0.39 is 4.92 Å². The van der Waals surface area contributed by atoms with E-state index in [-0.39, 0.29) is 11.6 Å².